The van der Waals surface area contributed by atoms with Crippen LogP contribution in [-0.4, -0.2) is 72.3 Å². The number of carbonyl (C=O) groups excluding carboxylic acids is 5. The Morgan fingerprint density at radius 1 is 1.13 bits per heavy atom. The maximum atomic E-state index is 13.5. The number of ether oxygens (including phenoxy) is 1. The van der Waals surface area contributed by atoms with Gasteiger partial charge in [0.25, 0.3) is 5.91 Å². The molecule has 2 aliphatic heterocycles. The lowest BCUT2D eigenvalue weighted by Crippen LogP contribution is -2.59. The lowest BCUT2D eigenvalue weighted by Gasteiger charge is -2.36. The van der Waals surface area contributed by atoms with Gasteiger partial charge < -0.3 is 30.9 Å². The predicted octanol–water partition coefficient (Wildman–Crippen LogP) is 1.08. The summed E-state index contributed by atoms with van der Waals surface area (Å²) in [6.07, 6.45) is 1.01. The molecule has 3 rings (SSSR count). The molecule has 4 atom stereocenters. The van der Waals surface area contributed by atoms with E-state index in [9.17, 15) is 24.0 Å². The van der Waals surface area contributed by atoms with Crippen molar-refractivity contribution in [3.05, 3.63) is 29.8 Å². The molecule has 0 bridgehead atoms. The maximum absolute atomic E-state index is 13.5. The van der Waals surface area contributed by atoms with Gasteiger partial charge in [0.05, 0.1) is 6.04 Å². The van der Waals surface area contributed by atoms with Crippen molar-refractivity contribution in [1.29, 1.82) is 0 Å². The molecule has 1 aromatic rings. The Balaban J connectivity index is 1.61. The highest BCUT2D eigenvalue weighted by atomic mass is 16.6. The molecule has 208 valence electrons. The van der Waals surface area contributed by atoms with Gasteiger partial charge in [-0.2, -0.15) is 0 Å². The minimum atomic E-state index is -0.792. The number of amides is 4. The molecule has 0 spiro atoms. The van der Waals surface area contributed by atoms with E-state index in [1.807, 2.05) is 26.8 Å². The first-order valence-corrected chi connectivity index (χ1v) is 13.1. The summed E-state index contributed by atoms with van der Waals surface area (Å²) in [6.45, 7) is 8.01. The normalized spacial score (nSPS) is 20.9. The van der Waals surface area contributed by atoms with Gasteiger partial charge in [-0.25, -0.2) is 0 Å². The van der Waals surface area contributed by atoms with Crippen molar-refractivity contribution in [3.63, 3.8) is 0 Å². The number of nitrogens with zero attached hydrogens (tertiary/aromatic N) is 1. The van der Waals surface area contributed by atoms with E-state index in [1.165, 1.54) is 0 Å². The van der Waals surface area contributed by atoms with Gasteiger partial charge in [-0.15, -0.1) is 0 Å². The number of rotatable bonds is 9. The van der Waals surface area contributed by atoms with Gasteiger partial charge in [-0.05, 0) is 49.9 Å². The lowest BCUT2D eigenvalue weighted by atomic mass is 9.85. The summed E-state index contributed by atoms with van der Waals surface area (Å²) in [5.74, 6) is -1.60. The third kappa shape index (κ3) is 7.31. The van der Waals surface area contributed by atoms with Crippen LogP contribution in [0.2, 0.25) is 0 Å². The Labute approximate surface area is 223 Å². The minimum absolute atomic E-state index is 0.207. The van der Waals surface area contributed by atoms with Gasteiger partial charge in [0.1, 0.15) is 12.1 Å². The molecule has 4 amide bonds. The molecular weight excluding hydrogens is 490 g/mol. The topological polar surface area (TPSA) is 146 Å². The van der Waals surface area contributed by atoms with E-state index in [-0.39, 0.29) is 42.6 Å². The summed E-state index contributed by atoms with van der Waals surface area (Å²) < 4.78 is 5.00. The number of cyclic esters (lactones) is 1. The second-order valence-corrected chi connectivity index (χ2v) is 10.9. The Bertz CT molecular complexity index is 1070. The Hall–Kier alpha value is -3.47. The first-order valence-electron chi connectivity index (χ1n) is 13.1. The van der Waals surface area contributed by atoms with Crippen LogP contribution >= 0.6 is 0 Å². The highest BCUT2D eigenvalue weighted by Crippen LogP contribution is 2.26. The second kappa shape index (κ2) is 12.4. The number of carbonyl (C=O) groups is 5. The van der Waals surface area contributed by atoms with Gasteiger partial charge >= 0.3 is 5.97 Å². The number of hydrogen-bond acceptors (Lipinski definition) is 7. The van der Waals surface area contributed by atoms with Gasteiger partial charge in [0, 0.05) is 31.6 Å². The molecule has 1 aromatic carbocycles. The van der Waals surface area contributed by atoms with Crippen molar-refractivity contribution in [2.75, 3.05) is 18.9 Å². The van der Waals surface area contributed by atoms with E-state index in [0.717, 1.165) is 5.56 Å². The van der Waals surface area contributed by atoms with Gasteiger partial charge in [0.2, 0.25) is 17.7 Å². The minimum Gasteiger partial charge on any atom is -0.452 e. The Kier molecular flexibility index (Phi) is 9.48. The zero-order chi connectivity index (χ0) is 28.0. The standard InChI is InChI=1S/C27H39N5O6/c1-16(28-5)23(34)31-22(27(2,3)4)26(37)32-13-7-10-19(32)24(35)29-15-17-8-6-9-18(14-17)30-25(36)20-11-12-21(33)38-20/h6,8-9,14,16,19-20,22,28H,7,10-13,15H2,1-5H3,(H,29,35)(H,30,36)(H,31,34)/t16-,19-,20+,22+/m0/s1. The highest BCUT2D eigenvalue weighted by Gasteiger charge is 2.42. The molecule has 0 aliphatic carbocycles. The number of likely N-dealkylation sites (N-methyl/N-ethyl adjacent to an activating group) is 1. The number of nitrogens with one attached hydrogen (secondary N) is 4. The Morgan fingerprint density at radius 3 is 2.50 bits per heavy atom. The Morgan fingerprint density at radius 2 is 1.87 bits per heavy atom. The number of hydrogen-bond donors (Lipinski definition) is 4. The van der Waals surface area contributed by atoms with Crippen molar-refractivity contribution in [2.45, 2.75) is 84.2 Å². The monoisotopic (exact) mass is 529 g/mol. The maximum Gasteiger partial charge on any atom is 0.306 e. The summed E-state index contributed by atoms with van der Waals surface area (Å²) in [4.78, 5) is 64.4. The summed E-state index contributed by atoms with van der Waals surface area (Å²) in [6, 6.07) is 5.15. The molecular formula is C27H39N5O6. The summed E-state index contributed by atoms with van der Waals surface area (Å²) in [5.41, 5.74) is 0.740. The van der Waals surface area contributed by atoms with Gasteiger partial charge in [-0.3, -0.25) is 24.0 Å². The molecule has 2 fully saturated rings. The van der Waals surface area contributed by atoms with E-state index >= 15 is 0 Å². The number of esters is 1. The molecule has 11 nitrogen and oxygen atoms in total. The molecule has 2 aliphatic rings. The van der Waals surface area contributed by atoms with E-state index in [0.29, 0.717) is 31.5 Å². The molecule has 0 unspecified atom stereocenters. The van der Waals surface area contributed by atoms with Crippen LogP contribution in [0, 0.1) is 5.41 Å². The van der Waals surface area contributed by atoms with Gasteiger partial charge in [-0.1, -0.05) is 32.9 Å². The average Bonchev–Trinajstić information content (AvgIpc) is 3.54. The first-order chi connectivity index (χ1) is 17.9. The van der Waals surface area contributed by atoms with Crippen LogP contribution in [0.1, 0.15) is 58.9 Å². The van der Waals surface area contributed by atoms with E-state index in [4.69, 9.17) is 4.74 Å². The van der Waals surface area contributed by atoms with E-state index in [2.05, 4.69) is 21.3 Å². The molecule has 0 saturated carbocycles. The van der Waals surface area contributed by atoms with Crippen LogP contribution in [0.3, 0.4) is 0 Å². The molecule has 2 heterocycles. The van der Waals surface area contributed by atoms with Crippen LogP contribution in [0.25, 0.3) is 0 Å². The van der Waals surface area contributed by atoms with Crippen molar-refractivity contribution in [2.24, 2.45) is 5.41 Å². The second-order valence-electron chi connectivity index (χ2n) is 10.9. The van der Waals surface area contributed by atoms with E-state index in [1.54, 1.807) is 37.1 Å². The lowest BCUT2D eigenvalue weighted by molar-refractivity contribution is -0.146. The fourth-order valence-corrected chi connectivity index (χ4v) is 4.51. The zero-order valence-electron chi connectivity index (χ0n) is 22.8. The summed E-state index contributed by atoms with van der Waals surface area (Å²) >= 11 is 0. The summed E-state index contributed by atoms with van der Waals surface area (Å²) in [5, 5.41) is 11.4. The molecule has 11 heteroatoms. The van der Waals surface area contributed by atoms with Crippen LogP contribution < -0.4 is 21.3 Å². The molecule has 0 aromatic heterocycles. The predicted molar refractivity (Wildman–Crippen MR) is 141 cm³/mol. The summed E-state index contributed by atoms with van der Waals surface area (Å²) in [7, 11) is 1.68. The molecule has 0 radical (unpaired) electrons. The SMILES string of the molecule is CN[C@@H](C)C(=O)N[C@H](C(=O)N1CCC[C@H]1C(=O)NCc1cccc(NC(=O)[C@H]2CCC(=O)O2)c1)C(C)(C)C. The van der Waals surface area contributed by atoms with Crippen molar-refractivity contribution >= 4 is 35.3 Å². The quantitative estimate of drug-likeness (QED) is 0.350. The molecule has 4 N–H and O–H groups in total. The third-order valence-electron chi connectivity index (χ3n) is 6.90. The number of anilines is 1. The smallest absolute Gasteiger partial charge is 0.306 e. The molecule has 2 saturated heterocycles. The van der Waals surface area contributed by atoms with Crippen molar-refractivity contribution in [1.82, 2.24) is 20.9 Å². The van der Waals surface area contributed by atoms with Crippen LogP contribution in [0.5, 0.6) is 0 Å². The number of benzene rings is 1. The van der Waals surface area contributed by atoms with Crippen LogP contribution in [-0.2, 0) is 35.3 Å². The van der Waals surface area contributed by atoms with Crippen molar-refractivity contribution < 1.29 is 28.7 Å². The van der Waals surface area contributed by atoms with E-state index < -0.39 is 29.6 Å². The fraction of sp³-hybridized carbons (Fsp3) is 0.593. The molecule has 38 heavy (non-hydrogen) atoms. The van der Waals surface area contributed by atoms with Crippen molar-refractivity contribution in [3.8, 4) is 0 Å². The first kappa shape index (κ1) is 29.1. The number of likely N-dealkylation sites (tertiary alicyclic amines) is 1. The average molecular weight is 530 g/mol. The zero-order valence-corrected chi connectivity index (χ0v) is 22.8. The fourth-order valence-electron chi connectivity index (χ4n) is 4.51. The van der Waals surface area contributed by atoms with Gasteiger partial charge in [0.15, 0.2) is 6.10 Å². The third-order valence-corrected chi connectivity index (χ3v) is 6.90. The van der Waals surface area contributed by atoms with Crippen LogP contribution in [0.15, 0.2) is 24.3 Å². The highest BCUT2D eigenvalue weighted by molar-refractivity contribution is 5.97. The largest absolute Gasteiger partial charge is 0.452 e. The van der Waals surface area contributed by atoms with Crippen LogP contribution in [0.4, 0.5) is 5.69 Å².